The number of Topliss-reactive ketones (excluding diaryl/α,β-unsaturated/α-hetero) is 1. The maximum atomic E-state index is 12.8. The Labute approximate surface area is 136 Å². The van der Waals surface area contributed by atoms with Crippen LogP contribution in [-0.4, -0.2) is 18.4 Å². The van der Waals surface area contributed by atoms with Crippen molar-refractivity contribution in [2.75, 3.05) is 6.61 Å². The van der Waals surface area contributed by atoms with Crippen LogP contribution in [0.3, 0.4) is 0 Å². The molecule has 0 N–H and O–H groups in total. The molecule has 3 nitrogen and oxygen atoms in total. The first kappa shape index (κ1) is 19.2. The molecule has 0 aliphatic heterocycles. The zero-order chi connectivity index (χ0) is 17.0. The fourth-order valence-electron chi connectivity index (χ4n) is 3.10. The van der Waals surface area contributed by atoms with E-state index in [1.165, 1.54) is 19.3 Å². The van der Waals surface area contributed by atoms with Crippen molar-refractivity contribution in [3.8, 4) is 0 Å². The highest BCUT2D eigenvalue weighted by molar-refractivity contribution is 5.89. The van der Waals surface area contributed by atoms with E-state index in [9.17, 15) is 9.59 Å². The third-order valence-electron chi connectivity index (χ3n) is 4.35. The van der Waals surface area contributed by atoms with E-state index < -0.39 is 5.41 Å². The molecule has 1 fully saturated rings. The fourth-order valence-corrected chi connectivity index (χ4v) is 3.10. The molecule has 0 heterocycles. The van der Waals surface area contributed by atoms with E-state index in [0.717, 1.165) is 12.8 Å². The summed E-state index contributed by atoms with van der Waals surface area (Å²) in [5.74, 6) is 0.172. The van der Waals surface area contributed by atoms with Crippen LogP contribution in [0.4, 0.5) is 0 Å². The van der Waals surface area contributed by atoms with Crippen LogP contribution in [0.25, 0.3) is 0 Å². The number of hydrogen-bond donors (Lipinski definition) is 0. The lowest BCUT2D eigenvalue weighted by Gasteiger charge is -2.33. The average molecular weight is 310 g/mol. The normalized spacial score (nSPS) is 18.8. The molecule has 128 valence electrons. The third kappa shape index (κ3) is 6.50. The van der Waals surface area contributed by atoms with E-state index in [0.29, 0.717) is 12.5 Å². The number of ketones is 1. The van der Waals surface area contributed by atoms with Gasteiger partial charge in [0.2, 0.25) is 0 Å². The number of hydrogen-bond acceptors (Lipinski definition) is 3. The van der Waals surface area contributed by atoms with Gasteiger partial charge in [-0.05, 0) is 24.2 Å². The maximum Gasteiger partial charge on any atom is 0.306 e. The Morgan fingerprint density at radius 3 is 2.00 bits per heavy atom. The van der Waals surface area contributed by atoms with E-state index in [-0.39, 0.29) is 29.5 Å². The molecule has 0 amide bonds. The molecular weight excluding hydrogens is 276 g/mol. The van der Waals surface area contributed by atoms with Gasteiger partial charge in [-0.2, -0.15) is 0 Å². The zero-order valence-corrected chi connectivity index (χ0v) is 15.3. The summed E-state index contributed by atoms with van der Waals surface area (Å²) in [4.78, 5) is 25.0. The van der Waals surface area contributed by atoms with Crippen molar-refractivity contribution in [1.29, 1.82) is 0 Å². The lowest BCUT2D eigenvalue weighted by atomic mass is 9.71. The Hall–Kier alpha value is -0.860. The van der Waals surface area contributed by atoms with Crippen molar-refractivity contribution in [3.05, 3.63) is 0 Å². The quantitative estimate of drug-likeness (QED) is 0.686. The number of esters is 1. The summed E-state index contributed by atoms with van der Waals surface area (Å²) in [6.07, 6.45) is 5.99. The molecule has 0 spiro atoms. The van der Waals surface area contributed by atoms with Crippen LogP contribution in [0.15, 0.2) is 0 Å². The Bertz CT molecular complexity index is 378. The Kier molecular flexibility index (Phi) is 6.64. The Balaban J connectivity index is 2.73. The minimum Gasteiger partial charge on any atom is -0.465 e. The van der Waals surface area contributed by atoms with Crippen LogP contribution >= 0.6 is 0 Å². The van der Waals surface area contributed by atoms with Crippen LogP contribution in [0.5, 0.6) is 0 Å². The van der Waals surface area contributed by atoms with Gasteiger partial charge in [-0.15, -0.1) is 0 Å². The summed E-state index contributed by atoms with van der Waals surface area (Å²) in [6.45, 7) is 12.4. The van der Waals surface area contributed by atoms with Gasteiger partial charge >= 0.3 is 5.97 Å². The van der Waals surface area contributed by atoms with Gasteiger partial charge in [0.05, 0.1) is 13.0 Å². The minimum absolute atomic E-state index is 0.0377. The van der Waals surface area contributed by atoms with Crippen LogP contribution < -0.4 is 0 Å². The van der Waals surface area contributed by atoms with E-state index in [4.69, 9.17) is 4.74 Å². The first-order valence-electron chi connectivity index (χ1n) is 8.70. The van der Waals surface area contributed by atoms with Gasteiger partial charge < -0.3 is 4.74 Å². The summed E-state index contributed by atoms with van der Waals surface area (Å²) in [7, 11) is 0. The second-order valence-electron chi connectivity index (χ2n) is 9.04. The predicted octanol–water partition coefficient (Wildman–Crippen LogP) is 4.78. The second kappa shape index (κ2) is 7.61. The van der Waals surface area contributed by atoms with Gasteiger partial charge in [0.25, 0.3) is 0 Å². The molecular formula is C19H34O3. The standard InChI is InChI=1S/C19H34O3/c1-18(2,3)13-22-16(20)12-15(17(21)19(4,5)6)14-10-8-7-9-11-14/h14-15H,7-13H2,1-6H3. The van der Waals surface area contributed by atoms with E-state index >= 15 is 0 Å². The molecule has 22 heavy (non-hydrogen) atoms. The highest BCUT2D eigenvalue weighted by Gasteiger charge is 2.37. The van der Waals surface area contributed by atoms with Gasteiger partial charge in [-0.25, -0.2) is 0 Å². The maximum absolute atomic E-state index is 12.8. The first-order valence-corrected chi connectivity index (χ1v) is 8.70. The van der Waals surface area contributed by atoms with Crippen molar-refractivity contribution in [1.82, 2.24) is 0 Å². The van der Waals surface area contributed by atoms with Gasteiger partial charge in [-0.1, -0.05) is 60.8 Å². The van der Waals surface area contributed by atoms with Crippen LogP contribution in [-0.2, 0) is 14.3 Å². The molecule has 1 unspecified atom stereocenters. The van der Waals surface area contributed by atoms with E-state index in [2.05, 4.69) is 0 Å². The first-order chi connectivity index (χ1) is 10.0. The van der Waals surface area contributed by atoms with Crippen molar-refractivity contribution in [2.24, 2.45) is 22.7 Å². The van der Waals surface area contributed by atoms with Gasteiger partial charge in [0.1, 0.15) is 5.78 Å². The SMILES string of the molecule is CC(C)(C)COC(=O)CC(C(=O)C(C)(C)C)C1CCCCC1. The highest BCUT2D eigenvalue weighted by Crippen LogP contribution is 2.36. The van der Waals surface area contributed by atoms with Crippen molar-refractivity contribution in [3.63, 3.8) is 0 Å². The smallest absolute Gasteiger partial charge is 0.306 e. The largest absolute Gasteiger partial charge is 0.465 e. The van der Waals surface area contributed by atoms with Gasteiger partial charge in [0, 0.05) is 11.3 Å². The average Bonchev–Trinajstić information content (AvgIpc) is 2.41. The summed E-state index contributed by atoms with van der Waals surface area (Å²) < 4.78 is 5.40. The summed E-state index contributed by atoms with van der Waals surface area (Å²) in [6, 6.07) is 0. The topological polar surface area (TPSA) is 43.4 Å². The highest BCUT2D eigenvalue weighted by atomic mass is 16.5. The molecule has 0 radical (unpaired) electrons. The van der Waals surface area contributed by atoms with Crippen LogP contribution in [0.1, 0.15) is 80.1 Å². The van der Waals surface area contributed by atoms with Gasteiger partial charge in [0.15, 0.2) is 0 Å². The van der Waals surface area contributed by atoms with Crippen LogP contribution in [0.2, 0.25) is 0 Å². The molecule has 1 saturated carbocycles. The predicted molar refractivity (Wildman–Crippen MR) is 89.6 cm³/mol. The molecule has 0 aromatic rings. The minimum atomic E-state index is -0.396. The monoisotopic (exact) mass is 310 g/mol. The molecule has 1 aliphatic rings. The van der Waals surface area contributed by atoms with E-state index in [1.54, 1.807) is 0 Å². The van der Waals surface area contributed by atoms with Gasteiger partial charge in [-0.3, -0.25) is 9.59 Å². The Morgan fingerprint density at radius 1 is 1.00 bits per heavy atom. The fraction of sp³-hybridized carbons (Fsp3) is 0.895. The van der Waals surface area contributed by atoms with Crippen LogP contribution in [0, 0.1) is 22.7 Å². The molecule has 0 saturated heterocycles. The third-order valence-corrected chi connectivity index (χ3v) is 4.35. The second-order valence-corrected chi connectivity index (χ2v) is 9.04. The molecule has 0 bridgehead atoms. The molecule has 1 rings (SSSR count). The number of ether oxygens (including phenoxy) is 1. The number of carbonyl (C=O) groups excluding carboxylic acids is 2. The molecule has 0 aromatic carbocycles. The summed E-state index contributed by atoms with van der Waals surface area (Å²) >= 11 is 0. The molecule has 0 aromatic heterocycles. The molecule has 1 atom stereocenters. The Morgan fingerprint density at radius 2 is 1.55 bits per heavy atom. The van der Waals surface area contributed by atoms with Crippen molar-refractivity contribution in [2.45, 2.75) is 80.1 Å². The van der Waals surface area contributed by atoms with E-state index in [1.807, 2.05) is 41.5 Å². The lowest BCUT2D eigenvalue weighted by Crippen LogP contribution is -2.36. The lowest BCUT2D eigenvalue weighted by molar-refractivity contribution is -0.151. The number of rotatable bonds is 5. The molecule has 1 aliphatic carbocycles. The number of carbonyl (C=O) groups is 2. The summed E-state index contributed by atoms with van der Waals surface area (Å²) in [5.41, 5.74) is -0.434. The summed E-state index contributed by atoms with van der Waals surface area (Å²) in [5, 5.41) is 0. The molecule has 3 heteroatoms. The zero-order valence-electron chi connectivity index (χ0n) is 15.3. The van der Waals surface area contributed by atoms with Crippen molar-refractivity contribution >= 4 is 11.8 Å². The van der Waals surface area contributed by atoms with Crippen molar-refractivity contribution < 1.29 is 14.3 Å².